The lowest BCUT2D eigenvalue weighted by atomic mass is 10.1. The molecule has 0 unspecified atom stereocenters. The Morgan fingerprint density at radius 2 is 2.06 bits per heavy atom. The number of aromatic amines is 1. The fourth-order valence-electron chi connectivity index (χ4n) is 1.81. The zero-order chi connectivity index (χ0) is 13.1. The second-order valence-corrected chi connectivity index (χ2v) is 4.19. The van der Waals surface area contributed by atoms with E-state index in [1.165, 1.54) is 10.9 Å². The van der Waals surface area contributed by atoms with E-state index < -0.39 is 5.97 Å². The Hall–Kier alpha value is -2.30. The number of carbonyl (C=O) groups is 1. The van der Waals surface area contributed by atoms with Crippen LogP contribution in [0.1, 0.15) is 16.7 Å². The van der Waals surface area contributed by atoms with Crippen molar-refractivity contribution in [2.75, 3.05) is 0 Å². The maximum absolute atomic E-state index is 11.9. The minimum atomic E-state index is -1.01. The number of nitrogens with zero attached hydrogens (tertiary/aromatic N) is 1. The van der Waals surface area contributed by atoms with Gasteiger partial charge in [0.05, 0.1) is 13.0 Å². The Balaban J connectivity index is 2.26. The summed E-state index contributed by atoms with van der Waals surface area (Å²) in [5.41, 5.74) is 2.12. The summed E-state index contributed by atoms with van der Waals surface area (Å²) < 4.78 is 1.42. The number of benzene rings is 1. The molecule has 0 aliphatic carbocycles. The molecule has 0 spiro atoms. The number of nitrogens with one attached hydrogen (secondary N) is 1. The van der Waals surface area contributed by atoms with Crippen molar-refractivity contribution >= 4 is 5.97 Å². The maximum atomic E-state index is 11.9. The minimum Gasteiger partial charge on any atom is -0.481 e. The molecule has 0 fully saturated rings. The number of hydrogen-bond acceptors (Lipinski definition) is 2. The maximum Gasteiger partial charge on any atom is 0.308 e. The van der Waals surface area contributed by atoms with Crippen LogP contribution in [0.25, 0.3) is 0 Å². The van der Waals surface area contributed by atoms with Crippen LogP contribution in [0.2, 0.25) is 0 Å². The molecule has 0 saturated heterocycles. The SMILES string of the molecule is Cc1ccccc1Cn1[nH]cc(CC(=O)O)c1=O. The lowest BCUT2D eigenvalue weighted by molar-refractivity contribution is -0.136. The van der Waals surface area contributed by atoms with Crippen LogP contribution in [-0.4, -0.2) is 20.9 Å². The first kappa shape index (κ1) is 12.2. The highest BCUT2D eigenvalue weighted by Crippen LogP contribution is 2.07. The van der Waals surface area contributed by atoms with Crippen LogP contribution < -0.4 is 5.56 Å². The summed E-state index contributed by atoms with van der Waals surface area (Å²) in [4.78, 5) is 22.5. The molecular formula is C13H14N2O3. The molecular weight excluding hydrogens is 232 g/mol. The van der Waals surface area contributed by atoms with Crippen molar-refractivity contribution in [2.45, 2.75) is 19.9 Å². The third-order valence-electron chi connectivity index (χ3n) is 2.85. The third kappa shape index (κ3) is 2.51. The van der Waals surface area contributed by atoms with Gasteiger partial charge in [-0.25, -0.2) is 4.68 Å². The first-order valence-electron chi connectivity index (χ1n) is 5.61. The summed E-state index contributed by atoms with van der Waals surface area (Å²) in [6, 6.07) is 7.77. The van der Waals surface area contributed by atoms with Gasteiger partial charge in [0.15, 0.2) is 0 Å². The lowest BCUT2D eigenvalue weighted by Gasteiger charge is -2.05. The topological polar surface area (TPSA) is 75.1 Å². The molecule has 0 aliphatic rings. The van der Waals surface area contributed by atoms with Gasteiger partial charge in [-0.2, -0.15) is 0 Å². The molecule has 0 amide bonds. The van der Waals surface area contributed by atoms with E-state index >= 15 is 0 Å². The van der Waals surface area contributed by atoms with E-state index in [1.54, 1.807) is 0 Å². The van der Waals surface area contributed by atoms with Gasteiger partial charge in [-0.1, -0.05) is 24.3 Å². The second kappa shape index (κ2) is 4.91. The predicted octanol–water partition coefficient (Wildman–Crippen LogP) is 1.16. The molecule has 0 aliphatic heterocycles. The van der Waals surface area contributed by atoms with Gasteiger partial charge >= 0.3 is 5.97 Å². The van der Waals surface area contributed by atoms with Crippen molar-refractivity contribution in [1.29, 1.82) is 0 Å². The van der Waals surface area contributed by atoms with Crippen LogP contribution in [-0.2, 0) is 17.8 Å². The molecule has 1 aromatic heterocycles. The quantitative estimate of drug-likeness (QED) is 0.850. The molecule has 94 valence electrons. The van der Waals surface area contributed by atoms with Crippen LogP contribution in [0.4, 0.5) is 0 Å². The van der Waals surface area contributed by atoms with Gasteiger partial charge in [-0.15, -0.1) is 0 Å². The molecule has 2 N–H and O–H groups in total. The van der Waals surface area contributed by atoms with E-state index in [9.17, 15) is 9.59 Å². The highest BCUT2D eigenvalue weighted by atomic mass is 16.4. The molecule has 2 rings (SSSR count). The van der Waals surface area contributed by atoms with E-state index in [0.29, 0.717) is 6.54 Å². The number of hydrogen-bond donors (Lipinski definition) is 2. The average molecular weight is 246 g/mol. The zero-order valence-electron chi connectivity index (χ0n) is 10.0. The van der Waals surface area contributed by atoms with E-state index in [1.807, 2.05) is 31.2 Å². The fourth-order valence-corrected chi connectivity index (χ4v) is 1.81. The second-order valence-electron chi connectivity index (χ2n) is 4.19. The molecule has 0 bridgehead atoms. The van der Waals surface area contributed by atoms with Gasteiger partial charge < -0.3 is 10.2 Å². The molecule has 5 nitrogen and oxygen atoms in total. The highest BCUT2D eigenvalue weighted by molar-refractivity contribution is 5.69. The molecule has 0 saturated carbocycles. The van der Waals surface area contributed by atoms with Crippen LogP contribution in [0.5, 0.6) is 0 Å². The zero-order valence-corrected chi connectivity index (χ0v) is 10.0. The Bertz CT molecular complexity index is 625. The lowest BCUT2D eigenvalue weighted by Crippen LogP contribution is -2.21. The van der Waals surface area contributed by atoms with Crippen molar-refractivity contribution in [3.05, 3.63) is 57.5 Å². The van der Waals surface area contributed by atoms with Crippen LogP contribution >= 0.6 is 0 Å². The average Bonchev–Trinajstić information content (AvgIpc) is 2.64. The van der Waals surface area contributed by atoms with Crippen LogP contribution in [0.15, 0.2) is 35.3 Å². The third-order valence-corrected chi connectivity index (χ3v) is 2.85. The fraction of sp³-hybridized carbons (Fsp3) is 0.231. The first-order chi connectivity index (χ1) is 8.58. The Kier molecular flexibility index (Phi) is 3.32. The number of rotatable bonds is 4. The molecule has 0 atom stereocenters. The van der Waals surface area contributed by atoms with Crippen molar-refractivity contribution in [3.8, 4) is 0 Å². The van der Waals surface area contributed by atoms with Crippen molar-refractivity contribution in [2.24, 2.45) is 0 Å². The summed E-state index contributed by atoms with van der Waals surface area (Å²) in [6.07, 6.45) is 1.20. The normalized spacial score (nSPS) is 10.5. The standard InChI is InChI=1S/C13H14N2O3/c1-9-4-2-3-5-10(9)8-15-13(18)11(7-14-15)6-12(16)17/h2-5,7,14H,6,8H2,1H3,(H,16,17). The molecule has 1 heterocycles. The first-order valence-corrected chi connectivity index (χ1v) is 5.61. The van der Waals surface area contributed by atoms with Crippen molar-refractivity contribution < 1.29 is 9.90 Å². The molecule has 1 aromatic carbocycles. The Labute approximate surface area is 104 Å². The summed E-state index contributed by atoms with van der Waals surface area (Å²) >= 11 is 0. The number of aromatic nitrogens is 2. The van der Waals surface area contributed by atoms with Gasteiger partial charge in [-0.3, -0.25) is 9.59 Å². The monoisotopic (exact) mass is 246 g/mol. The van der Waals surface area contributed by atoms with E-state index in [4.69, 9.17) is 5.11 Å². The van der Waals surface area contributed by atoms with Gasteiger partial charge in [0, 0.05) is 11.8 Å². The van der Waals surface area contributed by atoms with Crippen LogP contribution in [0, 0.1) is 6.92 Å². The number of aliphatic carboxylic acids is 1. The van der Waals surface area contributed by atoms with Gasteiger partial charge in [0.1, 0.15) is 0 Å². The molecule has 0 radical (unpaired) electrons. The number of carboxylic acids is 1. The van der Waals surface area contributed by atoms with Gasteiger partial charge in [0.2, 0.25) is 0 Å². The van der Waals surface area contributed by atoms with E-state index in [0.717, 1.165) is 11.1 Å². The highest BCUT2D eigenvalue weighted by Gasteiger charge is 2.10. The van der Waals surface area contributed by atoms with Crippen molar-refractivity contribution in [3.63, 3.8) is 0 Å². The summed E-state index contributed by atoms with van der Waals surface area (Å²) in [5.74, 6) is -1.01. The smallest absolute Gasteiger partial charge is 0.308 e. The largest absolute Gasteiger partial charge is 0.481 e. The number of aryl methyl sites for hydroxylation is 1. The summed E-state index contributed by atoms with van der Waals surface area (Å²) in [6.45, 7) is 2.40. The summed E-state index contributed by atoms with van der Waals surface area (Å²) in [5, 5.41) is 11.5. The van der Waals surface area contributed by atoms with E-state index in [-0.39, 0.29) is 17.5 Å². The Morgan fingerprint density at radius 1 is 1.33 bits per heavy atom. The number of carboxylic acid groups (broad SMARTS) is 1. The van der Waals surface area contributed by atoms with Crippen LogP contribution in [0.3, 0.4) is 0 Å². The number of H-pyrrole nitrogens is 1. The molecule has 18 heavy (non-hydrogen) atoms. The van der Waals surface area contributed by atoms with Gasteiger partial charge in [-0.05, 0) is 18.1 Å². The van der Waals surface area contributed by atoms with Crippen molar-refractivity contribution in [1.82, 2.24) is 9.78 Å². The minimum absolute atomic E-state index is 0.254. The van der Waals surface area contributed by atoms with E-state index in [2.05, 4.69) is 5.10 Å². The molecule has 2 aromatic rings. The summed E-state index contributed by atoms with van der Waals surface area (Å²) in [7, 11) is 0. The predicted molar refractivity (Wildman–Crippen MR) is 66.7 cm³/mol. The molecule has 5 heteroatoms. The van der Waals surface area contributed by atoms with Gasteiger partial charge in [0.25, 0.3) is 5.56 Å². The Morgan fingerprint density at radius 3 is 2.72 bits per heavy atom.